The molecule has 0 radical (unpaired) electrons. The van der Waals surface area contributed by atoms with Crippen molar-refractivity contribution in [1.82, 2.24) is 20.0 Å². The Morgan fingerprint density at radius 2 is 1.94 bits per heavy atom. The van der Waals surface area contributed by atoms with Crippen LogP contribution in [0, 0.1) is 12.7 Å². The molecule has 1 amide bonds. The van der Waals surface area contributed by atoms with Gasteiger partial charge in [0, 0.05) is 37.7 Å². The summed E-state index contributed by atoms with van der Waals surface area (Å²) in [6, 6.07) is 7.75. The molecule has 12 heteroatoms. The molecule has 2 aromatic heterocycles. The van der Waals surface area contributed by atoms with Crippen molar-refractivity contribution in [2.45, 2.75) is 26.4 Å². The number of amides is 1. The van der Waals surface area contributed by atoms with Crippen LogP contribution in [0.1, 0.15) is 38.8 Å². The van der Waals surface area contributed by atoms with Crippen molar-refractivity contribution in [3.05, 3.63) is 76.3 Å². The van der Waals surface area contributed by atoms with Crippen LogP contribution < -0.4 is 4.31 Å². The van der Waals surface area contributed by atoms with Crippen LogP contribution in [-0.2, 0) is 29.5 Å². The Labute approximate surface area is 206 Å². The molecule has 186 valence electrons. The Hall–Kier alpha value is -4.06. The maximum absolute atomic E-state index is 13.3. The molecule has 0 unspecified atom stereocenters. The van der Waals surface area contributed by atoms with Crippen molar-refractivity contribution in [3.63, 3.8) is 0 Å². The molecule has 0 atom stereocenters. The number of aromatic hydroxyl groups is 1. The summed E-state index contributed by atoms with van der Waals surface area (Å²) in [6.45, 7) is 1.68. The molecule has 0 aliphatic carbocycles. The van der Waals surface area contributed by atoms with Gasteiger partial charge >= 0.3 is 0 Å². The first-order chi connectivity index (χ1) is 17.0. The van der Waals surface area contributed by atoms with E-state index in [4.69, 9.17) is 4.52 Å². The summed E-state index contributed by atoms with van der Waals surface area (Å²) in [5.74, 6) is -0.533. The van der Waals surface area contributed by atoms with Gasteiger partial charge in [0.15, 0.2) is 11.6 Å². The number of carbonyl (C=O) groups excluding carboxylic acids is 1. The number of pyridine rings is 1. The summed E-state index contributed by atoms with van der Waals surface area (Å²) in [7, 11) is -2.34. The van der Waals surface area contributed by atoms with Crippen molar-refractivity contribution < 1.29 is 27.2 Å². The topological polar surface area (TPSA) is 130 Å². The van der Waals surface area contributed by atoms with E-state index in [1.807, 2.05) is 0 Å². The molecule has 0 saturated carbocycles. The lowest BCUT2D eigenvalue weighted by atomic mass is 9.98. The molecule has 0 bridgehead atoms. The third-order valence-electron chi connectivity index (χ3n) is 6.13. The number of sulfonamides is 1. The second-order valence-corrected chi connectivity index (χ2v) is 10.7. The molecule has 10 nitrogen and oxygen atoms in total. The summed E-state index contributed by atoms with van der Waals surface area (Å²) >= 11 is 0. The minimum atomic E-state index is -3.74. The monoisotopic (exact) mass is 511 g/mol. The SMILES string of the molecule is Cc1nc(CN2Cc3c(c(O)c4ncc(Cc5ccc(F)cc5)cc4c3N(C)S(C)(=O)=O)C2=O)no1. The van der Waals surface area contributed by atoms with Crippen LogP contribution in [0.5, 0.6) is 5.75 Å². The van der Waals surface area contributed by atoms with Crippen molar-refractivity contribution in [3.8, 4) is 5.75 Å². The number of rotatable bonds is 6. The van der Waals surface area contributed by atoms with Crippen LogP contribution in [0.3, 0.4) is 0 Å². The van der Waals surface area contributed by atoms with Gasteiger partial charge in [0.25, 0.3) is 5.91 Å². The fourth-order valence-electron chi connectivity index (χ4n) is 4.39. The van der Waals surface area contributed by atoms with Gasteiger partial charge in [-0.15, -0.1) is 0 Å². The number of halogens is 1. The zero-order chi connectivity index (χ0) is 25.8. The van der Waals surface area contributed by atoms with E-state index in [1.165, 1.54) is 24.1 Å². The first-order valence-corrected chi connectivity index (χ1v) is 12.8. The normalized spacial score (nSPS) is 13.4. The van der Waals surface area contributed by atoms with E-state index in [-0.39, 0.29) is 47.2 Å². The first kappa shape index (κ1) is 23.7. The molecule has 2 aromatic carbocycles. The van der Waals surface area contributed by atoms with Crippen molar-refractivity contribution in [2.75, 3.05) is 17.6 Å². The largest absolute Gasteiger partial charge is 0.505 e. The Bertz CT molecular complexity index is 1620. The quantitative estimate of drug-likeness (QED) is 0.418. The number of aromatic nitrogens is 3. The van der Waals surface area contributed by atoms with Crippen molar-refractivity contribution in [1.29, 1.82) is 0 Å². The number of aryl methyl sites for hydroxylation is 1. The van der Waals surface area contributed by atoms with Crippen LogP contribution in [0.2, 0.25) is 0 Å². The van der Waals surface area contributed by atoms with Gasteiger partial charge in [-0.2, -0.15) is 4.98 Å². The number of carbonyl (C=O) groups is 1. The van der Waals surface area contributed by atoms with E-state index >= 15 is 0 Å². The van der Waals surface area contributed by atoms with E-state index in [0.717, 1.165) is 21.7 Å². The summed E-state index contributed by atoms with van der Waals surface area (Å²) in [5.41, 5.74) is 2.27. The number of phenols is 1. The smallest absolute Gasteiger partial charge is 0.258 e. The maximum atomic E-state index is 13.3. The minimum absolute atomic E-state index is 0.00741. The summed E-state index contributed by atoms with van der Waals surface area (Å²) in [5, 5.41) is 15.3. The number of nitrogens with zero attached hydrogens (tertiary/aromatic N) is 5. The van der Waals surface area contributed by atoms with E-state index < -0.39 is 15.9 Å². The molecule has 4 aromatic rings. The highest BCUT2D eigenvalue weighted by atomic mass is 32.2. The molecule has 0 fully saturated rings. The van der Waals surface area contributed by atoms with E-state index in [9.17, 15) is 22.7 Å². The Morgan fingerprint density at radius 3 is 2.58 bits per heavy atom. The molecule has 3 heterocycles. The van der Waals surface area contributed by atoms with Gasteiger partial charge in [0.05, 0.1) is 24.1 Å². The average Bonchev–Trinajstić information content (AvgIpc) is 3.37. The van der Waals surface area contributed by atoms with Gasteiger partial charge < -0.3 is 14.5 Å². The second kappa shape index (κ2) is 8.55. The van der Waals surface area contributed by atoms with Gasteiger partial charge in [-0.3, -0.25) is 14.1 Å². The summed E-state index contributed by atoms with van der Waals surface area (Å²) in [6.07, 6.45) is 3.01. The molecule has 1 aliphatic heterocycles. The Morgan fingerprint density at radius 1 is 1.22 bits per heavy atom. The number of benzene rings is 2. The van der Waals surface area contributed by atoms with Gasteiger partial charge in [0.2, 0.25) is 15.9 Å². The molecule has 36 heavy (non-hydrogen) atoms. The standard InChI is InChI=1S/C24H22FN5O5S/c1-13-27-19(28-35-13)12-30-11-18-20(24(30)32)23(31)21-17(22(18)29(2)36(3,33)34)9-15(10-26-21)8-14-4-6-16(25)7-5-14/h4-7,9-10,31H,8,11-12H2,1-3H3. The highest BCUT2D eigenvalue weighted by Crippen LogP contribution is 2.44. The third kappa shape index (κ3) is 4.13. The Kier molecular flexibility index (Phi) is 5.62. The molecular weight excluding hydrogens is 489 g/mol. The lowest BCUT2D eigenvalue weighted by Gasteiger charge is -2.23. The number of phenolic OH excluding ortho intramolecular Hbond substituents is 1. The number of hydrogen-bond acceptors (Lipinski definition) is 8. The van der Waals surface area contributed by atoms with Crippen LogP contribution >= 0.6 is 0 Å². The zero-order valence-electron chi connectivity index (χ0n) is 19.7. The highest BCUT2D eigenvalue weighted by molar-refractivity contribution is 7.92. The van der Waals surface area contributed by atoms with E-state index in [1.54, 1.807) is 31.3 Å². The number of hydrogen-bond donors (Lipinski definition) is 1. The predicted octanol–water partition coefficient (Wildman–Crippen LogP) is 2.91. The molecule has 0 saturated heterocycles. The number of fused-ring (bicyclic) bond motifs is 2. The maximum Gasteiger partial charge on any atom is 0.258 e. The summed E-state index contributed by atoms with van der Waals surface area (Å²) < 4.78 is 44.6. The van der Waals surface area contributed by atoms with E-state index in [0.29, 0.717) is 23.3 Å². The number of anilines is 1. The first-order valence-electron chi connectivity index (χ1n) is 11.0. The van der Waals surface area contributed by atoms with Crippen molar-refractivity contribution >= 4 is 32.5 Å². The van der Waals surface area contributed by atoms with Gasteiger partial charge in [-0.1, -0.05) is 17.3 Å². The second-order valence-electron chi connectivity index (χ2n) is 8.72. The fourth-order valence-corrected chi connectivity index (χ4v) is 4.93. The van der Waals surface area contributed by atoms with Gasteiger partial charge in [-0.05, 0) is 35.7 Å². The highest BCUT2D eigenvalue weighted by Gasteiger charge is 2.37. The molecule has 1 aliphatic rings. The Balaban J connectivity index is 1.66. The van der Waals surface area contributed by atoms with Crippen LogP contribution in [-0.4, -0.2) is 52.8 Å². The van der Waals surface area contributed by atoms with Crippen molar-refractivity contribution in [2.24, 2.45) is 0 Å². The lowest BCUT2D eigenvalue weighted by Crippen LogP contribution is -2.26. The van der Waals surface area contributed by atoms with Crippen LogP contribution in [0.15, 0.2) is 41.1 Å². The van der Waals surface area contributed by atoms with Crippen LogP contribution in [0.25, 0.3) is 10.9 Å². The third-order valence-corrected chi connectivity index (χ3v) is 7.31. The van der Waals surface area contributed by atoms with Crippen LogP contribution in [0.4, 0.5) is 10.1 Å². The molecule has 0 spiro atoms. The zero-order valence-corrected chi connectivity index (χ0v) is 20.5. The minimum Gasteiger partial charge on any atom is -0.505 e. The van der Waals surface area contributed by atoms with Gasteiger partial charge in [0.1, 0.15) is 11.3 Å². The molecule has 5 rings (SSSR count). The average molecular weight is 512 g/mol. The molecule has 1 N–H and O–H groups in total. The van der Waals surface area contributed by atoms with E-state index in [2.05, 4.69) is 15.1 Å². The molecular formula is C24H22FN5O5S. The van der Waals surface area contributed by atoms with Gasteiger partial charge in [-0.25, -0.2) is 12.8 Å². The lowest BCUT2D eigenvalue weighted by molar-refractivity contribution is 0.0759. The summed E-state index contributed by atoms with van der Waals surface area (Å²) in [4.78, 5) is 23.2. The predicted molar refractivity (Wildman–Crippen MR) is 128 cm³/mol. The fraction of sp³-hybridized carbons (Fsp3) is 0.250.